The molecular weight excluding hydrogens is 819 g/mol. The smallest absolute Gasteiger partial charge is 0.489 e. The molecule has 0 aliphatic rings. The minimum atomic E-state index is -2.91. The number of benzene rings is 7. The molecule has 58 heavy (non-hydrogen) atoms. The predicted octanol–water partition coefficient (Wildman–Crippen LogP) is 12.1. The average Bonchev–Trinajstić information content (AvgIpc) is 3.18. The maximum absolute atomic E-state index is 15.7. The summed E-state index contributed by atoms with van der Waals surface area (Å²) < 4.78 is 254. The summed E-state index contributed by atoms with van der Waals surface area (Å²) in [5, 5.41) is -5.49. The van der Waals surface area contributed by atoms with Gasteiger partial charge in [-0.1, -0.05) is 12.1 Å². The van der Waals surface area contributed by atoms with Crippen LogP contribution in [-0.4, -0.2) is 7.32 Å². The van der Waals surface area contributed by atoms with Gasteiger partial charge in [-0.05, 0) is 59.3 Å². The van der Waals surface area contributed by atoms with E-state index in [0.717, 1.165) is 0 Å². The van der Waals surface area contributed by atoms with E-state index in [9.17, 15) is 52.7 Å². The van der Waals surface area contributed by atoms with Crippen molar-refractivity contribution in [2.24, 2.45) is 0 Å². The van der Waals surface area contributed by atoms with Gasteiger partial charge in [-0.25, -0.2) is 70.2 Å². The number of rotatable bonds is 8. The summed E-state index contributed by atoms with van der Waals surface area (Å²) in [4.78, 5) is 0. The number of hydrogen-bond acceptors (Lipinski definition) is 3. The summed E-state index contributed by atoms with van der Waals surface area (Å²) in [5.41, 5.74) is -6.20. The number of hydrogen-bond donors (Lipinski definition) is 0. The first-order valence-electron chi connectivity index (χ1n) is 15.7. The van der Waals surface area contributed by atoms with Gasteiger partial charge in [0.15, 0.2) is 87.3 Å². The molecule has 0 unspecified atom stereocenters. The van der Waals surface area contributed by atoms with Crippen molar-refractivity contribution in [1.29, 1.82) is 0 Å². The Kier molecular flexibility index (Phi) is 10.1. The van der Waals surface area contributed by atoms with Gasteiger partial charge in [-0.2, -0.15) is 0 Å². The molecule has 0 N–H and O–H groups in total. The zero-order valence-electron chi connectivity index (χ0n) is 27.7. The van der Waals surface area contributed by atoms with E-state index in [0.29, 0.717) is 36.4 Å². The van der Waals surface area contributed by atoms with Crippen LogP contribution >= 0.6 is 0 Å². The largest absolute Gasteiger partial charge is 0.864 e. The monoisotopic (exact) mass is 830 g/mol. The fraction of sp³-hybridized carbons (Fsp3) is 0. The number of fused-ring (bicyclic) bond motifs is 2. The van der Waals surface area contributed by atoms with Crippen molar-refractivity contribution in [2.75, 3.05) is 0 Å². The molecule has 0 bridgehead atoms. The molecule has 0 heterocycles. The van der Waals surface area contributed by atoms with Crippen molar-refractivity contribution >= 4 is 28.9 Å². The summed E-state index contributed by atoms with van der Waals surface area (Å²) in [6.45, 7) is 0. The van der Waals surface area contributed by atoms with Crippen LogP contribution in [0.3, 0.4) is 0 Å². The lowest BCUT2D eigenvalue weighted by molar-refractivity contribution is 0.298. The standard InChI is InChI=1S/C38H11BF16O3/c40-12-1-8-20(19(45)11-12)56-39(57-21-9-6-17(43)31(48)27(21)23-13-2-4-15(41)29(46)25(13)35(52)37(54)33(23)50)58-22-10-7-18(44)32(49)28(22)24-14-3-5-16(42)30(47)26(14)36(53)38(55)34(24)51/h1-11H. The van der Waals surface area contributed by atoms with E-state index >= 15 is 17.6 Å². The van der Waals surface area contributed by atoms with Crippen molar-refractivity contribution in [1.82, 2.24) is 0 Å². The highest BCUT2D eigenvalue weighted by Crippen LogP contribution is 2.45. The Hall–Kier alpha value is -6.60. The molecule has 0 radical (unpaired) electrons. The van der Waals surface area contributed by atoms with Gasteiger partial charge in [0.2, 0.25) is 0 Å². The lowest BCUT2D eigenvalue weighted by Crippen LogP contribution is -2.37. The Bertz CT molecular complexity index is 2700. The summed E-state index contributed by atoms with van der Waals surface area (Å²) in [5.74, 6) is -36.8. The first-order chi connectivity index (χ1) is 27.4. The lowest BCUT2D eigenvalue weighted by Gasteiger charge is -2.22. The molecule has 20 heteroatoms. The predicted molar refractivity (Wildman–Crippen MR) is 172 cm³/mol. The third kappa shape index (κ3) is 6.41. The molecule has 0 aromatic heterocycles. The Morgan fingerprint density at radius 3 is 1.07 bits per heavy atom. The number of halogens is 16. The van der Waals surface area contributed by atoms with E-state index in [2.05, 4.69) is 0 Å². The van der Waals surface area contributed by atoms with Crippen LogP contribution in [-0.2, 0) is 0 Å². The molecule has 0 amide bonds. The van der Waals surface area contributed by atoms with Gasteiger partial charge in [0, 0.05) is 17.2 Å². The quantitative estimate of drug-likeness (QED) is 0.0867. The Morgan fingerprint density at radius 2 is 0.655 bits per heavy atom. The summed E-state index contributed by atoms with van der Waals surface area (Å²) in [6, 6.07) is 4.05. The van der Waals surface area contributed by atoms with Crippen LogP contribution < -0.4 is 14.0 Å². The van der Waals surface area contributed by atoms with Gasteiger partial charge in [-0.15, -0.1) is 0 Å². The molecule has 0 spiro atoms. The van der Waals surface area contributed by atoms with Crippen molar-refractivity contribution < 1.29 is 84.2 Å². The first-order valence-corrected chi connectivity index (χ1v) is 15.7. The van der Waals surface area contributed by atoms with Gasteiger partial charge in [-0.3, -0.25) is 0 Å². The van der Waals surface area contributed by atoms with E-state index < -0.39 is 161 Å². The molecule has 3 nitrogen and oxygen atoms in total. The fourth-order valence-corrected chi connectivity index (χ4v) is 5.99. The highest BCUT2D eigenvalue weighted by Gasteiger charge is 2.38. The molecule has 0 atom stereocenters. The third-order valence-electron chi connectivity index (χ3n) is 8.55. The van der Waals surface area contributed by atoms with Gasteiger partial charge in [0.25, 0.3) is 0 Å². The highest BCUT2D eigenvalue weighted by molar-refractivity contribution is 6.40. The zero-order valence-corrected chi connectivity index (χ0v) is 27.7. The van der Waals surface area contributed by atoms with E-state index in [1.807, 2.05) is 0 Å². The first kappa shape index (κ1) is 39.6. The van der Waals surface area contributed by atoms with Gasteiger partial charge >= 0.3 is 7.32 Å². The van der Waals surface area contributed by atoms with Crippen LogP contribution in [0, 0.1) is 93.1 Å². The molecule has 7 aromatic rings. The van der Waals surface area contributed by atoms with E-state index in [-0.39, 0.29) is 30.3 Å². The molecule has 0 saturated carbocycles. The third-order valence-corrected chi connectivity index (χ3v) is 8.55. The maximum Gasteiger partial charge on any atom is 0.864 e. The second-order valence-electron chi connectivity index (χ2n) is 11.9. The van der Waals surface area contributed by atoms with Crippen LogP contribution in [0.25, 0.3) is 43.8 Å². The molecule has 7 rings (SSSR count). The minimum absolute atomic E-state index is 0.200. The van der Waals surface area contributed by atoms with E-state index in [4.69, 9.17) is 14.0 Å². The Morgan fingerprint density at radius 1 is 0.293 bits per heavy atom. The van der Waals surface area contributed by atoms with Gasteiger partial charge in [0.1, 0.15) is 23.1 Å². The molecule has 0 aliphatic heterocycles. The summed E-state index contributed by atoms with van der Waals surface area (Å²) >= 11 is 0. The molecule has 7 aromatic carbocycles. The molecule has 0 saturated heterocycles. The van der Waals surface area contributed by atoms with Crippen LogP contribution in [0.1, 0.15) is 0 Å². The summed E-state index contributed by atoms with van der Waals surface area (Å²) in [7, 11) is -2.91. The average molecular weight is 830 g/mol. The normalized spacial score (nSPS) is 11.4. The van der Waals surface area contributed by atoms with Gasteiger partial charge < -0.3 is 14.0 Å². The Balaban J connectivity index is 1.47. The highest BCUT2D eigenvalue weighted by atomic mass is 19.2. The van der Waals surface area contributed by atoms with Crippen LogP contribution in [0.4, 0.5) is 70.2 Å². The van der Waals surface area contributed by atoms with Crippen LogP contribution in [0.15, 0.2) is 66.7 Å². The second kappa shape index (κ2) is 14.7. The second-order valence-corrected chi connectivity index (χ2v) is 11.9. The van der Waals surface area contributed by atoms with Crippen LogP contribution in [0.2, 0.25) is 0 Å². The topological polar surface area (TPSA) is 27.7 Å². The molecule has 296 valence electrons. The van der Waals surface area contributed by atoms with Crippen molar-refractivity contribution in [3.63, 3.8) is 0 Å². The fourth-order valence-electron chi connectivity index (χ4n) is 5.99. The minimum Gasteiger partial charge on any atom is -0.489 e. The maximum atomic E-state index is 15.7. The molecular formula is C38H11BF16O3. The van der Waals surface area contributed by atoms with Crippen molar-refractivity contribution in [3.8, 4) is 39.5 Å². The lowest BCUT2D eigenvalue weighted by atomic mass is 9.94. The molecule has 0 fully saturated rings. The van der Waals surface area contributed by atoms with E-state index in [1.54, 1.807) is 0 Å². The Labute approximate surface area is 312 Å². The van der Waals surface area contributed by atoms with Crippen molar-refractivity contribution in [2.45, 2.75) is 0 Å². The zero-order chi connectivity index (χ0) is 42.1. The summed E-state index contributed by atoms with van der Waals surface area (Å²) in [6.07, 6.45) is 0. The van der Waals surface area contributed by atoms with Crippen molar-refractivity contribution in [3.05, 3.63) is 160 Å². The SMILES string of the molecule is Fc1ccc(OB(Oc2ccc(F)c(F)c2-c2c(F)c(F)c(F)c3c(F)c(F)ccc23)Oc2ccc(F)c(F)c2-c2c(F)c(F)c(F)c3c(F)c(F)ccc23)c(F)c1. The van der Waals surface area contributed by atoms with Gasteiger partial charge in [0.05, 0.1) is 21.9 Å². The van der Waals surface area contributed by atoms with E-state index in [1.165, 1.54) is 0 Å². The molecule has 0 aliphatic carbocycles. The van der Waals surface area contributed by atoms with Crippen LogP contribution in [0.5, 0.6) is 17.2 Å².